The number of hydrogen-bond acceptors (Lipinski definition) is 4. The first-order valence-electron chi connectivity index (χ1n) is 5.14. The highest BCUT2D eigenvalue weighted by molar-refractivity contribution is 5.84. The van der Waals surface area contributed by atoms with E-state index >= 15 is 0 Å². The molecule has 0 aliphatic carbocycles. The third-order valence-corrected chi connectivity index (χ3v) is 1.83. The Hall–Kier alpha value is -1.14. The first-order valence-corrected chi connectivity index (χ1v) is 5.14. The quantitative estimate of drug-likeness (QED) is 0.486. The van der Waals surface area contributed by atoms with Gasteiger partial charge in [-0.2, -0.15) is 0 Å². The van der Waals surface area contributed by atoms with Crippen LogP contribution in [0.1, 0.15) is 27.2 Å². The van der Waals surface area contributed by atoms with Gasteiger partial charge in [0.05, 0.1) is 6.54 Å². The molecule has 0 spiro atoms. The highest BCUT2D eigenvalue weighted by Gasteiger charge is 2.19. The maximum Gasteiger partial charge on any atom is 0.326 e. The van der Waals surface area contributed by atoms with Gasteiger partial charge in [-0.3, -0.25) is 4.79 Å². The summed E-state index contributed by atoms with van der Waals surface area (Å²) in [4.78, 5) is 22.0. The third kappa shape index (κ3) is 7.19. The SMILES string of the molecule is CC(C)(C)NCC(=O)N[C@H](CCO)C(=O)O. The number of nitrogens with one attached hydrogen (secondary N) is 2. The Kier molecular flexibility index (Phi) is 5.98. The molecule has 0 aromatic rings. The Morgan fingerprint density at radius 1 is 1.31 bits per heavy atom. The van der Waals surface area contributed by atoms with Gasteiger partial charge in [0.15, 0.2) is 0 Å². The van der Waals surface area contributed by atoms with Crippen LogP contribution in [0.5, 0.6) is 0 Å². The van der Waals surface area contributed by atoms with Crippen LogP contribution in [0.2, 0.25) is 0 Å². The molecule has 0 bridgehead atoms. The van der Waals surface area contributed by atoms with Crippen molar-refractivity contribution in [2.24, 2.45) is 0 Å². The fourth-order valence-corrected chi connectivity index (χ4v) is 0.977. The molecule has 1 atom stereocenters. The van der Waals surface area contributed by atoms with Gasteiger partial charge < -0.3 is 20.8 Å². The first-order chi connectivity index (χ1) is 7.26. The van der Waals surface area contributed by atoms with Crippen molar-refractivity contribution in [3.8, 4) is 0 Å². The van der Waals surface area contributed by atoms with Crippen molar-refractivity contribution in [3.63, 3.8) is 0 Å². The average Bonchev–Trinajstić information content (AvgIpc) is 2.13. The number of amides is 1. The van der Waals surface area contributed by atoms with Crippen LogP contribution in [-0.2, 0) is 9.59 Å². The number of carbonyl (C=O) groups excluding carboxylic acids is 1. The number of carboxylic acid groups (broad SMARTS) is 1. The molecule has 1 amide bonds. The topological polar surface area (TPSA) is 98.7 Å². The van der Waals surface area contributed by atoms with Gasteiger partial charge in [0.2, 0.25) is 5.91 Å². The number of aliphatic hydroxyl groups is 1. The first kappa shape index (κ1) is 14.9. The summed E-state index contributed by atoms with van der Waals surface area (Å²) >= 11 is 0. The molecule has 0 aromatic carbocycles. The van der Waals surface area contributed by atoms with E-state index in [4.69, 9.17) is 10.2 Å². The van der Waals surface area contributed by atoms with Crippen molar-refractivity contribution < 1.29 is 19.8 Å². The van der Waals surface area contributed by atoms with Crippen molar-refractivity contribution in [1.29, 1.82) is 0 Å². The van der Waals surface area contributed by atoms with E-state index in [1.165, 1.54) is 0 Å². The van der Waals surface area contributed by atoms with E-state index in [2.05, 4.69) is 10.6 Å². The Morgan fingerprint density at radius 2 is 1.88 bits per heavy atom. The van der Waals surface area contributed by atoms with Gasteiger partial charge in [-0.05, 0) is 20.8 Å². The zero-order valence-corrected chi connectivity index (χ0v) is 9.91. The highest BCUT2D eigenvalue weighted by Crippen LogP contribution is 1.97. The number of rotatable bonds is 6. The Balaban J connectivity index is 4.05. The van der Waals surface area contributed by atoms with Gasteiger partial charge in [-0.25, -0.2) is 4.79 Å². The molecule has 4 N–H and O–H groups in total. The molecule has 6 heteroatoms. The van der Waals surface area contributed by atoms with E-state index in [-0.39, 0.29) is 25.1 Å². The second-order valence-corrected chi connectivity index (χ2v) is 4.57. The van der Waals surface area contributed by atoms with Crippen molar-refractivity contribution >= 4 is 11.9 Å². The number of hydrogen-bond donors (Lipinski definition) is 4. The van der Waals surface area contributed by atoms with E-state index in [9.17, 15) is 9.59 Å². The second-order valence-electron chi connectivity index (χ2n) is 4.57. The lowest BCUT2D eigenvalue weighted by Gasteiger charge is -2.21. The highest BCUT2D eigenvalue weighted by atomic mass is 16.4. The zero-order valence-electron chi connectivity index (χ0n) is 9.91. The molecule has 0 fully saturated rings. The summed E-state index contributed by atoms with van der Waals surface area (Å²) in [5.74, 6) is -1.53. The molecule has 0 aliphatic rings. The Bertz CT molecular complexity index is 248. The lowest BCUT2D eigenvalue weighted by molar-refractivity contribution is -0.142. The Morgan fingerprint density at radius 3 is 2.25 bits per heavy atom. The molecule has 0 aromatic heterocycles. The molecule has 0 radical (unpaired) electrons. The maximum absolute atomic E-state index is 11.4. The number of aliphatic carboxylic acids is 1. The Labute approximate surface area is 95.0 Å². The molecule has 0 unspecified atom stereocenters. The van der Waals surface area contributed by atoms with Gasteiger partial charge in [-0.1, -0.05) is 0 Å². The molecule has 0 rings (SSSR count). The number of carboxylic acids is 1. The van der Waals surface area contributed by atoms with Crippen molar-refractivity contribution in [1.82, 2.24) is 10.6 Å². The van der Waals surface area contributed by atoms with Crippen molar-refractivity contribution in [3.05, 3.63) is 0 Å². The predicted octanol–water partition coefficient (Wildman–Crippen LogP) is -0.674. The van der Waals surface area contributed by atoms with Crippen molar-refractivity contribution in [2.45, 2.75) is 38.8 Å². The molecule has 16 heavy (non-hydrogen) atoms. The molecule has 94 valence electrons. The van der Waals surface area contributed by atoms with Crippen LogP contribution < -0.4 is 10.6 Å². The van der Waals surface area contributed by atoms with Crippen LogP contribution in [-0.4, -0.2) is 46.8 Å². The standard InChI is InChI=1S/C10H20N2O4/c1-10(2,3)11-6-8(14)12-7(4-5-13)9(15)16/h7,11,13H,4-6H2,1-3H3,(H,12,14)(H,15,16)/t7-/m1/s1. The molecule has 0 aliphatic heterocycles. The van der Waals surface area contributed by atoms with Gasteiger partial charge in [0.25, 0.3) is 0 Å². The summed E-state index contributed by atoms with van der Waals surface area (Å²) in [6.07, 6.45) is 0.0105. The second kappa shape index (κ2) is 6.44. The van der Waals surface area contributed by atoms with E-state index in [1.54, 1.807) is 0 Å². The van der Waals surface area contributed by atoms with Gasteiger partial charge >= 0.3 is 5.97 Å². The molecular weight excluding hydrogens is 212 g/mol. The van der Waals surface area contributed by atoms with E-state index in [1.807, 2.05) is 20.8 Å². The fraction of sp³-hybridized carbons (Fsp3) is 0.800. The zero-order chi connectivity index (χ0) is 12.8. The summed E-state index contributed by atoms with van der Waals surface area (Å²) in [5.41, 5.74) is -0.201. The summed E-state index contributed by atoms with van der Waals surface area (Å²) in [6.45, 7) is 5.50. The van der Waals surface area contributed by atoms with Crippen LogP contribution in [0.25, 0.3) is 0 Å². The lowest BCUT2D eigenvalue weighted by atomic mass is 10.1. The van der Waals surface area contributed by atoms with Crippen LogP contribution in [0.3, 0.4) is 0 Å². The van der Waals surface area contributed by atoms with E-state index in [0.29, 0.717) is 0 Å². The summed E-state index contributed by atoms with van der Waals surface area (Å²) in [7, 11) is 0. The largest absolute Gasteiger partial charge is 0.480 e. The predicted molar refractivity (Wildman–Crippen MR) is 59.0 cm³/mol. The average molecular weight is 232 g/mol. The minimum absolute atomic E-state index is 0.0105. The van der Waals surface area contributed by atoms with Crippen LogP contribution in [0.4, 0.5) is 0 Å². The molecule has 0 heterocycles. The van der Waals surface area contributed by atoms with E-state index in [0.717, 1.165) is 0 Å². The molecule has 6 nitrogen and oxygen atoms in total. The number of aliphatic hydroxyl groups excluding tert-OH is 1. The van der Waals surface area contributed by atoms with Crippen LogP contribution in [0, 0.1) is 0 Å². The van der Waals surface area contributed by atoms with Gasteiger partial charge in [-0.15, -0.1) is 0 Å². The normalized spacial score (nSPS) is 13.2. The maximum atomic E-state index is 11.4. The summed E-state index contributed by atoms with van der Waals surface area (Å²) < 4.78 is 0. The lowest BCUT2D eigenvalue weighted by Crippen LogP contribution is -2.48. The molecule has 0 saturated heterocycles. The fourth-order valence-electron chi connectivity index (χ4n) is 0.977. The third-order valence-electron chi connectivity index (χ3n) is 1.83. The van der Waals surface area contributed by atoms with Gasteiger partial charge in [0.1, 0.15) is 6.04 Å². The minimum atomic E-state index is -1.14. The summed E-state index contributed by atoms with van der Waals surface area (Å²) in [6, 6.07) is -1.03. The molecule has 0 saturated carbocycles. The summed E-state index contributed by atoms with van der Waals surface area (Å²) in [5, 5.41) is 22.6. The smallest absolute Gasteiger partial charge is 0.326 e. The van der Waals surface area contributed by atoms with E-state index < -0.39 is 17.9 Å². The monoisotopic (exact) mass is 232 g/mol. The van der Waals surface area contributed by atoms with Crippen molar-refractivity contribution in [2.75, 3.05) is 13.2 Å². The van der Waals surface area contributed by atoms with Gasteiger partial charge in [0, 0.05) is 18.6 Å². The minimum Gasteiger partial charge on any atom is -0.480 e. The van der Waals surface area contributed by atoms with Crippen LogP contribution in [0.15, 0.2) is 0 Å². The van der Waals surface area contributed by atoms with Crippen LogP contribution >= 0.6 is 0 Å². The number of carbonyl (C=O) groups is 2. The molecular formula is C10H20N2O4.